The van der Waals surface area contributed by atoms with Crippen LogP contribution in [0.2, 0.25) is 5.02 Å². The molecule has 0 aliphatic carbocycles. The molecule has 1 aromatic carbocycles. The molecule has 0 aliphatic rings. The first-order valence-electron chi connectivity index (χ1n) is 4.79. The Hall–Kier alpha value is -0.970. The summed E-state index contributed by atoms with van der Waals surface area (Å²) in [4.78, 5) is 4.12. The van der Waals surface area contributed by atoms with Crippen LogP contribution in [-0.2, 0) is 13.1 Å². The molecule has 2 nitrogen and oxygen atoms in total. The Kier molecular flexibility index (Phi) is 3.88. The summed E-state index contributed by atoms with van der Waals surface area (Å²) in [6.45, 7) is 1.09. The average Bonchev–Trinajstić information content (AvgIpc) is 2.76. The van der Waals surface area contributed by atoms with Gasteiger partial charge in [-0.3, -0.25) is 0 Å². The molecule has 84 valence electrons. The number of aromatic nitrogens is 1. The zero-order chi connectivity index (χ0) is 11.4. The van der Waals surface area contributed by atoms with Crippen molar-refractivity contribution in [2.75, 3.05) is 0 Å². The number of nitrogens with one attached hydrogen (secondary N) is 1. The van der Waals surface area contributed by atoms with E-state index in [1.165, 1.54) is 6.07 Å². The number of hydrogen-bond donors (Lipinski definition) is 1. The van der Waals surface area contributed by atoms with Crippen LogP contribution < -0.4 is 5.32 Å². The van der Waals surface area contributed by atoms with Gasteiger partial charge in [-0.2, -0.15) is 0 Å². The molecule has 0 unspecified atom stereocenters. The number of hydrogen-bond acceptors (Lipinski definition) is 3. The van der Waals surface area contributed by atoms with E-state index in [2.05, 4.69) is 10.3 Å². The highest BCUT2D eigenvalue weighted by Gasteiger charge is 2.03. The first kappa shape index (κ1) is 11.5. The number of benzene rings is 1. The molecule has 1 N–H and O–H groups in total. The van der Waals surface area contributed by atoms with Crippen LogP contribution in [0, 0.1) is 5.82 Å². The van der Waals surface area contributed by atoms with Crippen molar-refractivity contribution >= 4 is 22.9 Å². The summed E-state index contributed by atoms with van der Waals surface area (Å²) in [6, 6.07) is 4.55. The van der Waals surface area contributed by atoms with E-state index in [9.17, 15) is 4.39 Å². The SMILES string of the molecule is Fc1ccc(Cl)cc1CNCc1nccs1. The largest absolute Gasteiger partial charge is 0.306 e. The zero-order valence-corrected chi connectivity index (χ0v) is 9.98. The lowest BCUT2D eigenvalue weighted by Crippen LogP contribution is -2.13. The highest BCUT2D eigenvalue weighted by atomic mass is 35.5. The third-order valence-corrected chi connectivity index (χ3v) is 3.10. The fraction of sp³-hybridized carbons (Fsp3) is 0.182. The lowest BCUT2D eigenvalue weighted by molar-refractivity contribution is 0.587. The van der Waals surface area contributed by atoms with Crippen molar-refractivity contribution in [2.45, 2.75) is 13.1 Å². The first-order valence-corrected chi connectivity index (χ1v) is 6.04. The van der Waals surface area contributed by atoms with Crippen molar-refractivity contribution in [1.29, 1.82) is 0 Å². The van der Waals surface area contributed by atoms with Gasteiger partial charge in [-0.15, -0.1) is 11.3 Å². The lowest BCUT2D eigenvalue weighted by Gasteiger charge is -2.04. The number of rotatable bonds is 4. The zero-order valence-electron chi connectivity index (χ0n) is 8.41. The Morgan fingerprint density at radius 1 is 1.38 bits per heavy atom. The van der Waals surface area contributed by atoms with E-state index in [1.807, 2.05) is 5.38 Å². The summed E-state index contributed by atoms with van der Waals surface area (Å²) in [7, 11) is 0. The van der Waals surface area contributed by atoms with Crippen LogP contribution in [0.3, 0.4) is 0 Å². The van der Waals surface area contributed by atoms with Crippen LogP contribution in [0.5, 0.6) is 0 Å². The van der Waals surface area contributed by atoms with Crippen LogP contribution in [0.25, 0.3) is 0 Å². The minimum atomic E-state index is -0.240. The van der Waals surface area contributed by atoms with Crippen LogP contribution in [-0.4, -0.2) is 4.98 Å². The minimum Gasteiger partial charge on any atom is -0.306 e. The van der Waals surface area contributed by atoms with E-state index in [0.717, 1.165) is 5.01 Å². The molecule has 0 bridgehead atoms. The third kappa shape index (κ3) is 3.01. The summed E-state index contributed by atoms with van der Waals surface area (Å²) >= 11 is 7.36. The third-order valence-electron chi connectivity index (χ3n) is 2.08. The molecule has 1 heterocycles. The van der Waals surface area contributed by atoms with Gasteiger partial charge in [0.25, 0.3) is 0 Å². The number of nitrogens with zero attached hydrogens (tertiary/aromatic N) is 1. The maximum Gasteiger partial charge on any atom is 0.127 e. The topological polar surface area (TPSA) is 24.9 Å². The van der Waals surface area contributed by atoms with Gasteiger partial charge in [0.2, 0.25) is 0 Å². The highest BCUT2D eigenvalue weighted by Crippen LogP contribution is 2.14. The van der Waals surface area contributed by atoms with Crippen LogP contribution in [0.1, 0.15) is 10.6 Å². The molecule has 0 aliphatic heterocycles. The molecule has 1 aromatic heterocycles. The van der Waals surface area contributed by atoms with E-state index in [1.54, 1.807) is 29.7 Å². The van der Waals surface area contributed by atoms with Gasteiger partial charge < -0.3 is 5.32 Å². The van der Waals surface area contributed by atoms with Crippen molar-refractivity contribution in [2.24, 2.45) is 0 Å². The second-order valence-corrected chi connectivity index (χ2v) is 4.68. The molecule has 5 heteroatoms. The molecule has 2 aromatic rings. The molecular weight excluding hydrogens is 247 g/mol. The van der Waals surface area contributed by atoms with Gasteiger partial charge in [0.05, 0.1) is 0 Å². The molecule has 0 amide bonds. The Labute approximate surface area is 102 Å². The Balaban J connectivity index is 1.92. The summed E-state index contributed by atoms with van der Waals surface area (Å²) in [6.07, 6.45) is 1.75. The van der Waals surface area contributed by atoms with Crippen molar-refractivity contribution < 1.29 is 4.39 Å². The van der Waals surface area contributed by atoms with Gasteiger partial charge >= 0.3 is 0 Å². The van der Waals surface area contributed by atoms with Gasteiger partial charge in [-0.05, 0) is 18.2 Å². The molecular formula is C11H10ClFN2S. The van der Waals surface area contributed by atoms with E-state index in [-0.39, 0.29) is 5.82 Å². The van der Waals surface area contributed by atoms with E-state index in [0.29, 0.717) is 23.7 Å². The van der Waals surface area contributed by atoms with Crippen LogP contribution in [0.4, 0.5) is 4.39 Å². The van der Waals surface area contributed by atoms with Crippen LogP contribution >= 0.6 is 22.9 Å². The Morgan fingerprint density at radius 3 is 3.00 bits per heavy atom. The van der Waals surface area contributed by atoms with Gasteiger partial charge in [0.1, 0.15) is 10.8 Å². The van der Waals surface area contributed by atoms with Crippen molar-refractivity contribution in [3.8, 4) is 0 Å². The fourth-order valence-electron chi connectivity index (χ4n) is 1.32. The lowest BCUT2D eigenvalue weighted by atomic mass is 10.2. The molecule has 0 saturated heterocycles. The first-order chi connectivity index (χ1) is 7.75. The van der Waals surface area contributed by atoms with Gasteiger partial charge in [0, 0.05) is 35.3 Å². The van der Waals surface area contributed by atoms with E-state index in [4.69, 9.17) is 11.6 Å². The smallest absolute Gasteiger partial charge is 0.127 e. The van der Waals surface area contributed by atoms with Crippen molar-refractivity contribution in [1.82, 2.24) is 10.3 Å². The molecule has 2 rings (SSSR count). The maximum absolute atomic E-state index is 13.3. The minimum absolute atomic E-state index is 0.240. The van der Waals surface area contributed by atoms with Crippen molar-refractivity contribution in [3.05, 3.63) is 51.2 Å². The summed E-state index contributed by atoms with van der Waals surface area (Å²) in [5.41, 5.74) is 0.573. The molecule has 0 spiro atoms. The molecule has 0 atom stereocenters. The predicted octanol–water partition coefficient (Wildman–Crippen LogP) is 3.23. The van der Waals surface area contributed by atoms with Crippen LogP contribution in [0.15, 0.2) is 29.8 Å². The molecule has 0 saturated carbocycles. The average molecular weight is 257 g/mol. The van der Waals surface area contributed by atoms with Gasteiger partial charge in [-0.1, -0.05) is 11.6 Å². The predicted molar refractivity (Wildman–Crippen MR) is 64.1 cm³/mol. The second kappa shape index (κ2) is 5.39. The maximum atomic E-state index is 13.3. The Morgan fingerprint density at radius 2 is 2.25 bits per heavy atom. The summed E-state index contributed by atoms with van der Waals surface area (Å²) in [5, 5.41) is 6.57. The number of thiazole rings is 1. The standard InChI is InChI=1S/C11H10ClFN2S/c12-9-1-2-10(13)8(5-9)6-14-7-11-15-3-4-16-11/h1-5,14H,6-7H2. The summed E-state index contributed by atoms with van der Waals surface area (Å²) < 4.78 is 13.3. The van der Waals surface area contributed by atoms with Gasteiger partial charge in [-0.25, -0.2) is 9.37 Å². The molecule has 0 fully saturated rings. The normalized spacial score (nSPS) is 10.6. The fourth-order valence-corrected chi connectivity index (χ4v) is 2.10. The summed E-state index contributed by atoms with van der Waals surface area (Å²) in [5.74, 6) is -0.240. The monoisotopic (exact) mass is 256 g/mol. The van der Waals surface area contributed by atoms with Gasteiger partial charge in [0.15, 0.2) is 0 Å². The van der Waals surface area contributed by atoms with E-state index >= 15 is 0 Å². The Bertz CT molecular complexity index is 459. The second-order valence-electron chi connectivity index (χ2n) is 3.27. The van der Waals surface area contributed by atoms with Crippen molar-refractivity contribution in [3.63, 3.8) is 0 Å². The molecule has 0 radical (unpaired) electrons. The number of halogens is 2. The van der Waals surface area contributed by atoms with E-state index < -0.39 is 0 Å². The highest BCUT2D eigenvalue weighted by molar-refractivity contribution is 7.09. The molecule has 16 heavy (non-hydrogen) atoms. The quantitative estimate of drug-likeness (QED) is 0.909.